The second-order valence-electron chi connectivity index (χ2n) is 7.49. The zero-order valence-corrected chi connectivity index (χ0v) is 18.2. The predicted octanol–water partition coefficient (Wildman–Crippen LogP) is 6.23. The molecule has 4 aromatic rings. The molecule has 2 aromatic carbocycles. The number of halogens is 6. The van der Waals surface area contributed by atoms with Gasteiger partial charge in [-0.15, -0.1) is 0 Å². The molecule has 4 rings (SSSR count). The highest BCUT2D eigenvalue weighted by molar-refractivity contribution is 6.33. The van der Waals surface area contributed by atoms with Crippen molar-refractivity contribution in [2.24, 2.45) is 0 Å². The van der Waals surface area contributed by atoms with Crippen molar-refractivity contribution < 1.29 is 26.4 Å². The van der Waals surface area contributed by atoms with Crippen LogP contribution in [0.5, 0.6) is 0 Å². The van der Waals surface area contributed by atoms with Gasteiger partial charge in [-0.1, -0.05) is 23.7 Å². The molecule has 0 amide bonds. The lowest BCUT2D eigenvalue weighted by molar-refractivity contribution is -0.137. The van der Waals surface area contributed by atoms with Gasteiger partial charge in [0.25, 0.3) is 5.56 Å². The van der Waals surface area contributed by atoms with E-state index in [2.05, 4.69) is 0 Å². The lowest BCUT2D eigenvalue weighted by Gasteiger charge is -2.16. The van der Waals surface area contributed by atoms with Gasteiger partial charge in [0.05, 0.1) is 34.8 Å². The maximum Gasteiger partial charge on any atom is 0.417 e. The molecule has 0 aliphatic heterocycles. The van der Waals surface area contributed by atoms with Crippen LogP contribution in [0.2, 0.25) is 5.02 Å². The highest BCUT2D eigenvalue weighted by Crippen LogP contribution is 2.36. The first-order chi connectivity index (χ1) is 16.5. The molecule has 0 aliphatic carbocycles. The number of nitriles is 1. The Morgan fingerprint density at radius 3 is 2.43 bits per heavy atom. The molecule has 0 saturated carbocycles. The molecule has 178 valence electrons. The number of hydrogen-bond donors (Lipinski definition) is 1. The van der Waals surface area contributed by atoms with Crippen LogP contribution in [0.4, 0.5) is 27.6 Å². The molecule has 35 heavy (non-hydrogen) atoms. The maximum absolute atomic E-state index is 14.3. The van der Waals surface area contributed by atoms with E-state index in [1.807, 2.05) is 0 Å². The van der Waals surface area contributed by atoms with Crippen molar-refractivity contribution in [1.82, 2.24) is 4.57 Å². The Hall–Kier alpha value is -4.10. The molecule has 0 atom stereocenters. The molecule has 11 heteroatoms. The van der Waals surface area contributed by atoms with Crippen molar-refractivity contribution in [3.63, 3.8) is 0 Å². The topological polar surface area (TPSA) is 84.9 Å². The number of pyridine rings is 1. The Morgan fingerprint density at radius 1 is 1.06 bits per heavy atom. The van der Waals surface area contributed by atoms with E-state index >= 15 is 0 Å². The molecular formula is C24H13ClF5N3O2. The summed E-state index contributed by atoms with van der Waals surface area (Å²) in [5.41, 5.74) is 2.46. The number of benzene rings is 2. The van der Waals surface area contributed by atoms with Crippen molar-refractivity contribution in [3.8, 4) is 28.7 Å². The first-order valence-corrected chi connectivity index (χ1v) is 10.2. The molecule has 2 N–H and O–H groups in total. The van der Waals surface area contributed by atoms with Gasteiger partial charge in [-0.05, 0) is 35.9 Å². The van der Waals surface area contributed by atoms with E-state index in [4.69, 9.17) is 21.8 Å². The Bertz CT molecular complexity index is 1550. The molecule has 0 unspecified atom stereocenters. The molecule has 2 heterocycles. The summed E-state index contributed by atoms with van der Waals surface area (Å²) in [6.07, 6.45) is -3.80. The fourth-order valence-electron chi connectivity index (χ4n) is 3.49. The fraction of sp³-hybridized carbons (Fsp3) is 0.0833. The van der Waals surface area contributed by atoms with Crippen molar-refractivity contribution in [2.45, 2.75) is 12.7 Å². The van der Waals surface area contributed by atoms with Crippen LogP contribution >= 0.6 is 11.6 Å². The van der Waals surface area contributed by atoms with Crippen LogP contribution in [-0.4, -0.2) is 4.57 Å². The van der Waals surface area contributed by atoms with Gasteiger partial charge in [0.15, 0.2) is 5.76 Å². The molecular weight excluding hydrogens is 493 g/mol. The van der Waals surface area contributed by atoms with E-state index in [1.54, 1.807) is 6.07 Å². The minimum Gasteiger partial charge on any atom is -0.462 e. The third kappa shape index (κ3) is 4.63. The normalized spacial score (nSPS) is 11.5. The van der Waals surface area contributed by atoms with Crippen LogP contribution in [0.25, 0.3) is 22.6 Å². The van der Waals surface area contributed by atoms with Gasteiger partial charge < -0.3 is 10.2 Å². The minimum absolute atomic E-state index is 0.164. The number of hydrogen-bond acceptors (Lipinski definition) is 4. The first-order valence-electron chi connectivity index (χ1n) is 9.83. The van der Waals surface area contributed by atoms with Gasteiger partial charge in [0, 0.05) is 17.2 Å². The Morgan fingerprint density at radius 2 is 1.80 bits per heavy atom. The van der Waals surface area contributed by atoms with E-state index in [1.165, 1.54) is 30.5 Å². The monoisotopic (exact) mass is 505 g/mol. The molecule has 0 fully saturated rings. The van der Waals surface area contributed by atoms with Gasteiger partial charge in [-0.25, -0.2) is 8.78 Å². The van der Waals surface area contributed by atoms with E-state index in [9.17, 15) is 32.0 Å². The van der Waals surface area contributed by atoms with Crippen molar-refractivity contribution in [1.29, 1.82) is 5.26 Å². The molecule has 0 saturated heterocycles. The van der Waals surface area contributed by atoms with Crippen molar-refractivity contribution in [2.75, 3.05) is 5.73 Å². The molecule has 5 nitrogen and oxygen atoms in total. The van der Waals surface area contributed by atoms with Crippen LogP contribution in [0.3, 0.4) is 0 Å². The lowest BCUT2D eigenvalue weighted by atomic mass is 10.0. The number of nitrogens with two attached hydrogens (primary N) is 1. The summed E-state index contributed by atoms with van der Waals surface area (Å²) in [5.74, 6) is -2.05. The quantitative estimate of drug-likeness (QED) is 0.263. The summed E-state index contributed by atoms with van der Waals surface area (Å²) in [5, 5.41) is 9.52. The van der Waals surface area contributed by atoms with Crippen LogP contribution in [0.1, 0.15) is 16.7 Å². The summed E-state index contributed by atoms with van der Waals surface area (Å²) in [4.78, 5) is 13.0. The second kappa shape index (κ2) is 8.92. The standard InChI is InChI=1S/C24H13ClF5N3O2/c25-18-5-12(2-4-20(18)32)14-6-22(35-11-14)21-8-17(24(28,29)30)16(9-31)23(34)33(21)10-13-1-3-15(26)7-19(13)27/h1-8,11H,10,32H2. The summed E-state index contributed by atoms with van der Waals surface area (Å²) in [7, 11) is 0. The van der Waals surface area contributed by atoms with E-state index < -0.39 is 41.0 Å². The predicted molar refractivity (Wildman–Crippen MR) is 118 cm³/mol. The average molecular weight is 506 g/mol. The Balaban J connectivity index is 1.93. The van der Waals surface area contributed by atoms with E-state index in [0.717, 1.165) is 16.7 Å². The number of nitrogen functional groups attached to an aromatic ring is 1. The number of anilines is 1. The molecule has 2 aromatic heterocycles. The molecule has 0 aliphatic rings. The second-order valence-corrected chi connectivity index (χ2v) is 7.90. The summed E-state index contributed by atoms with van der Waals surface area (Å²) >= 11 is 6.04. The zero-order valence-electron chi connectivity index (χ0n) is 17.5. The molecule has 0 radical (unpaired) electrons. The highest BCUT2D eigenvalue weighted by atomic mass is 35.5. The van der Waals surface area contributed by atoms with Crippen LogP contribution in [-0.2, 0) is 12.7 Å². The van der Waals surface area contributed by atoms with E-state index in [0.29, 0.717) is 28.9 Å². The van der Waals surface area contributed by atoms with E-state index in [-0.39, 0.29) is 22.0 Å². The number of rotatable bonds is 4. The zero-order chi connectivity index (χ0) is 25.5. The number of nitrogens with zero attached hydrogens (tertiary/aromatic N) is 2. The first kappa shape index (κ1) is 24.0. The van der Waals surface area contributed by atoms with Crippen LogP contribution in [0, 0.1) is 23.0 Å². The van der Waals surface area contributed by atoms with Gasteiger partial charge in [0.1, 0.15) is 23.3 Å². The van der Waals surface area contributed by atoms with Crippen LogP contribution in [0.15, 0.2) is 64.0 Å². The SMILES string of the molecule is N#Cc1c(C(F)(F)F)cc(-c2cc(-c3ccc(N)c(Cl)c3)co2)n(Cc2ccc(F)cc2F)c1=O. The van der Waals surface area contributed by atoms with Crippen LogP contribution < -0.4 is 11.3 Å². The number of aromatic nitrogens is 1. The third-order valence-corrected chi connectivity index (χ3v) is 5.57. The van der Waals surface area contributed by atoms with Crippen molar-refractivity contribution in [3.05, 3.63) is 98.5 Å². The summed E-state index contributed by atoms with van der Waals surface area (Å²) in [6, 6.07) is 10.4. The number of alkyl halides is 3. The largest absolute Gasteiger partial charge is 0.462 e. The van der Waals surface area contributed by atoms with Gasteiger partial charge in [-0.2, -0.15) is 18.4 Å². The van der Waals surface area contributed by atoms with Gasteiger partial charge in [0.2, 0.25) is 0 Å². The lowest BCUT2D eigenvalue weighted by Crippen LogP contribution is -2.29. The summed E-state index contributed by atoms with van der Waals surface area (Å²) < 4.78 is 74.9. The maximum atomic E-state index is 14.3. The summed E-state index contributed by atoms with van der Waals surface area (Å²) in [6.45, 7) is -0.586. The third-order valence-electron chi connectivity index (χ3n) is 5.25. The fourth-order valence-corrected chi connectivity index (χ4v) is 3.67. The smallest absolute Gasteiger partial charge is 0.417 e. The van der Waals surface area contributed by atoms with Gasteiger partial charge in [-0.3, -0.25) is 9.36 Å². The Labute approximate surface area is 199 Å². The minimum atomic E-state index is -5.03. The highest BCUT2D eigenvalue weighted by Gasteiger charge is 2.37. The Kier molecular flexibility index (Phi) is 6.13. The van der Waals surface area contributed by atoms with Crippen molar-refractivity contribution >= 4 is 17.3 Å². The molecule has 0 spiro atoms. The van der Waals surface area contributed by atoms with Gasteiger partial charge >= 0.3 is 6.18 Å². The molecule has 0 bridgehead atoms. The number of furan rings is 1. The average Bonchev–Trinajstić information content (AvgIpc) is 3.27.